The Morgan fingerprint density at radius 1 is 0.538 bits per heavy atom. The molecule has 0 N–H and O–H groups in total. The van der Waals surface area contributed by atoms with Crippen LogP contribution in [0.15, 0.2) is 0 Å². The molecular formula is C10H22Cl2Mg. The predicted molar refractivity (Wildman–Crippen MR) is 54.0 cm³/mol. The first-order chi connectivity index (χ1) is 4.91. The van der Waals surface area contributed by atoms with Gasteiger partial charge in [0.25, 0.3) is 0 Å². The van der Waals surface area contributed by atoms with Gasteiger partial charge in [0.15, 0.2) is 0 Å². The van der Waals surface area contributed by atoms with Crippen molar-refractivity contribution in [2.75, 3.05) is 0 Å². The van der Waals surface area contributed by atoms with E-state index in [2.05, 4.69) is 13.8 Å². The Bertz CT molecular complexity index is 52.9. The van der Waals surface area contributed by atoms with Crippen molar-refractivity contribution in [3.8, 4) is 0 Å². The van der Waals surface area contributed by atoms with Crippen molar-refractivity contribution in [3.05, 3.63) is 0 Å². The monoisotopic (exact) mass is 236 g/mol. The molecule has 0 aliphatic carbocycles. The zero-order chi connectivity index (χ0) is 7.66. The van der Waals surface area contributed by atoms with Crippen molar-refractivity contribution in [1.29, 1.82) is 0 Å². The van der Waals surface area contributed by atoms with Crippen molar-refractivity contribution in [3.63, 3.8) is 0 Å². The Morgan fingerprint density at radius 3 is 1.00 bits per heavy atom. The van der Waals surface area contributed by atoms with Gasteiger partial charge in [-0.1, -0.05) is 65.2 Å². The van der Waals surface area contributed by atoms with E-state index in [-0.39, 0.29) is 47.9 Å². The van der Waals surface area contributed by atoms with Crippen LogP contribution in [0.25, 0.3) is 0 Å². The van der Waals surface area contributed by atoms with Crippen LogP contribution in [-0.4, -0.2) is 23.1 Å². The molecule has 0 rings (SSSR count). The van der Waals surface area contributed by atoms with Crippen LogP contribution in [0.2, 0.25) is 0 Å². The summed E-state index contributed by atoms with van der Waals surface area (Å²) in [6, 6.07) is 0. The molecule has 0 fully saturated rings. The van der Waals surface area contributed by atoms with E-state index in [4.69, 9.17) is 0 Å². The first-order valence-electron chi connectivity index (χ1n) is 4.91. The molecule has 0 amide bonds. The normalized spacial score (nSPS) is 7.85. The first kappa shape index (κ1) is 23.9. The van der Waals surface area contributed by atoms with E-state index in [9.17, 15) is 0 Å². The molecular weight excluding hydrogens is 215 g/mol. The van der Waals surface area contributed by atoms with Gasteiger partial charge in [-0.05, 0) is 0 Å². The van der Waals surface area contributed by atoms with Crippen LogP contribution in [0.5, 0.6) is 0 Å². The zero-order valence-corrected chi connectivity index (χ0v) is 12.0. The molecule has 0 saturated carbocycles. The topological polar surface area (TPSA) is 0 Å². The third-order valence-corrected chi connectivity index (χ3v) is 1.96. The molecule has 0 unspecified atom stereocenters. The second kappa shape index (κ2) is 23.3. The molecule has 0 bridgehead atoms. The van der Waals surface area contributed by atoms with Gasteiger partial charge in [-0.15, -0.1) is 0 Å². The molecule has 13 heavy (non-hydrogen) atoms. The van der Waals surface area contributed by atoms with Crippen molar-refractivity contribution in [2.45, 2.75) is 65.2 Å². The van der Waals surface area contributed by atoms with E-state index in [1.165, 1.54) is 51.4 Å². The van der Waals surface area contributed by atoms with Gasteiger partial charge >= 0.3 is 23.1 Å². The molecule has 0 aromatic rings. The van der Waals surface area contributed by atoms with Gasteiger partial charge in [0.2, 0.25) is 0 Å². The van der Waals surface area contributed by atoms with Crippen molar-refractivity contribution >= 4 is 23.1 Å². The van der Waals surface area contributed by atoms with Gasteiger partial charge < -0.3 is 24.8 Å². The van der Waals surface area contributed by atoms with E-state index in [0.717, 1.165) is 0 Å². The van der Waals surface area contributed by atoms with Gasteiger partial charge in [-0.25, -0.2) is 0 Å². The van der Waals surface area contributed by atoms with Gasteiger partial charge in [-0.3, -0.25) is 0 Å². The third-order valence-electron chi connectivity index (χ3n) is 1.96. The minimum atomic E-state index is 0. The summed E-state index contributed by atoms with van der Waals surface area (Å²) in [6.45, 7) is 4.54. The molecule has 0 nitrogen and oxygen atoms in total. The molecule has 0 aliphatic rings. The maximum absolute atomic E-state index is 2.27. The Hall–Kier alpha value is 1.35. The average Bonchev–Trinajstić information content (AvgIpc) is 1.97. The summed E-state index contributed by atoms with van der Waals surface area (Å²) in [7, 11) is 0. The maximum atomic E-state index is 2.27. The van der Waals surface area contributed by atoms with Crippen LogP contribution in [0.3, 0.4) is 0 Å². The van der Waals surface area contributed by atoms with E-state index in [0.29, 0.717) is 0 Å². The number of hydrogen-bond donors (Lipinski definition) is 0. The summed E-state index contributed by atoms with van der Waals surface area (Å²) in [6.07, 6.45) is 11.5. The molecule has 0 radical (unpaired) electrons. The Balaban J connectivity index is -0.000000135. The number of hydrogen-bond acceptors (Lipinski definition) is 0. The van der Waals surface area contributed by atoms with Crippen LogP contribution >= 0.6 is 0 Å². The van der Waals surface area contributed by atoms with Crippen LogP contribution in [-0.2, 0) is 0 Å². The Morgan fingerprint density at radius 2 is 0.769 bits per heavy atom. The van der Waals surface area contributed by atoms with E-state index in [1.54, 1.807) is 0 Å². The smallest absolute Gasteiger partial charge is 1.00 e. The third kappa shape index (κ3) is 24.7. The van der Waals surface area contributed by atoms with Gasteiger partial charge in [-0.2, -0.15) is 0 Å². The average molecular weight is 237 g/mol. The standard InChI is InChI=1S/C10H22.2ClH.Mg/c1-3-5-7-9-10-8-6-4-2;;;/h3-10H2,1-2H3;2*1H;/q;;;+2/p-2. The van der Waals surface area contributed by atoms with E-state index >= 15 is 0 Å². The fourth-order valence-corrected chi connectivity index (χ4v) is 1.21. The largest absolute Gasteiger partial charge is 2.00 e. The van der Waals surface area contributed by atoms with Crippen LogP contribution < -0.4 is 24.8 Å². The van der Waals surface area contributed by atoms with E-state index in [1.807, 2.05) is 0 Å². The van der Waals surface area contributed by atoms with Crippen LogP contribution in [0.4, 0.5) is 0 Å². The number of unbranched alkanes of at least 4 members (excludes halogenated alkanes) is 7. The van der Waals surface area contributed by atoms with Crippen molar-refractivity contribution < 1.29 is 24.8 Å². The second-order valence-corrected chi connectivity index (χ2v) is 3.12. The minimum Gasteiger partial charge on any atom is -1.00 e. The molecule has 0 aliphatic heterocycles. The van der Waals surface area contributed by atoms with Crippen molar-refractivity contribution in [2.24, 2.45) is 0 Å². The van der Waals surface area contributed by atoms with Gasteiger partial charge in [0.1, 0.15) is 0 Å². The molecule has 0 saturated heterocycles. The fourth-order valence-electron chi connectivity index (χ4n) is 1.21. The minimum absolute atomic E-state index is 0. The fraction of sp³-hybridized carbons (Fsp3) is 1.00. The second-order valence-electron chi connectivity index (χ2n) is 3.12. The quantitative estimate of drug-likeness (QED) is 0.347. The first-order valence-corrected chi connectivity index (χ1v) is 4.91. The molecule has 78 valence electrons. The Kier molecular flexibility index (Phi) is 42.8. The van der Waals surface area contributed by atoms with Crippen molar-refractivity contribution in [1.82, 2.24) is 0 Å². The number of halogens is 2. The summed E-state index contributed by atoms with van der Waals surface area (Å²) < 4.78 is 0. The number of rotatable bonds is 7. The molecule has 0 heterocycles. The summed E-state index contributed by atoms with van der Waals surface area (Å²) in [5.74, 6) is 0. The summed E-state index contributed by atoms with van der Waals surface area (Å²) in [5, 5.41) is 0. The van der Waals surface area contributed by atoms with E-state index < -0.39 is 0 Å². The predicted octanol–water partition coefficient (Wildman–Crippen LogP) is -2.23. The molecule has 3 heteroatoms. The molecule has 0 aromatic carbocycles. The summed E-state index contributed by atoms with van der Waals surface area (Å²) in [5.41, 5.74) is 0. The van der Waals surface area contributed by atoms with Crippen LogP contribution in [0.1, 0.15) is 65.2 Å². The zero-order valence-electron chi connectivity index (χ0n) is 9.12. The van der Waals surface area contributed by atoms with Crippen LogP contribution in [0, 0.1) is 0 Å². The molecule has 0 aromatic heterocycles. The van der Waals surface area contributed by atoms with Gasteiger partial charge in [0.05, 0.1) is 0 Å². The SMILES string of the molecule is CCCCCCCCCC.[Cl-].[Cl-].[Mg+2]. The molecule has 0 spiro atoms. The Labute approximate surface area is 113 Å². The maximum Gasteiger partial charge on any atom is 2.00 e. The summed E-state index contributed by atoms with van der Waals surface area (Å²) in [4.78, 5) is 0. The molecule has 0 atom stereocenters. The summed E-state index contributed by atoms with van der Waals surface area (Å²) >= 11 is 0. The van der Waals surface area contributed by atoms with Gasteiger partial charge in [0, 0.05) is 0 Å².